The van der Waals surface area contributed by atoms with Crippen molar-refractivity contribution in [2.75, 3.05) is 0 Å². The first kappa shape index (κ1) is 10.1. The average Bonchev–Trinajstić information content (AvgIpc) is 2.63. The van der Waals surface area contributed by atoms with Crippen LogP contribution in [0.4, 0.5) is 0 Å². The van der Waals surface area contributed by atoms with Gasteiger partial charge in [-0.15, -0.1) is 10.2 Å². The van der Waals surface area contributed by atoms with E-state index < -0.39 is 0 Å². The second-order valence-corrected chi connectivity index (χ2v) is 4.67. The molecular formula is C10H15BrN2O. The number of halogens is 1. The standard InChI is InChI=1S/C10H15BrN2O/c11-10-13-12-9(14-10)7-6-8-4-2-1-3-5-8/h8H,1-7H2. The minimum Gasteiger partial charge on any atom is -0.416 e. The molecule has 0 saturated heterocycles. The maximum atomic E-state index is 5.27. The van der Waals surface area contributed by atoms with Crippen molar-refractivity contribution in [2.24, 2.45) is 5.92 Å². The van der Waals surface area contributed by atoms with Crippen LogP contribution in [0.2, 0.25) is 0 Å². The maximum Gasteiger partial charge on any atom is 0.284 e. The van der Waals surface area contributed by atoms with E-state index >= 15 is 0 Å². The number of aryl methyl sites for hydroxylation is 1. The van der Waals surface area contributed by atoms with Crippen LogP contribution < -0.4 is 0 Å². The van der Waals surface area contributed by atoms with Crippen LogP contribution in [0.3, 0.4) is 0 Å². The van der Waals surface area contributed by atoms with Crippen molar-refractivity contribution >= 4 is 15.9 Å². The SMILES string of the molecule is Brc1nnc(CCC2CCCCC2)o1. The highest BCUT2D eigenvalue weighted by molar-refractivity contribution is 9.10. The lowest BCUT2D eigenvalue weighted by molar-refractivity contribution is 0.327. The van der Waals surface area contributed by atoms with E-state index in [1.54, 1.807) is 0 Å². The number of hydrogen-bond donors (Lipinski definition) is 0. The third-order valence-corrected chi connectivity index (χ3v) is 3.25. The normalized spacial score (nSPS) is 18.6. The summed E-state index contributed by atoms with van der Waals surface area (Å²) in [6.45, 7) is 0. The van der Waals surface area contributed by atoms with Crippen molar-refractivity contribution in [1.82, 2.24) is 10.2 Å². The lowest BCUT2D eigenvalue weighted by atomic mass is 9.86. The summed E-state index contributed by atoms with van der Waals surface area (Å²) in [7, 11) is 0. The molecule has 0 radical (unpaired) electrons. The molecule has 0 bridgehead atoms. The lowest BCUT2D eigenvalue weighted by Gasteiger charge is -2.20. The van der Waals surface area contributed by atoms with Gasteiger partial charge in [0.05, 0.1) is 0 Å². The minimum atomic E-state index is 0.496. The fourth-order valence-corrected chi connectivity index (χ4v) is 2.40. The molecule has 1 saturated carbocycles. The third kappa shape index (κ3) is 2.80. The molecule has 4 heteroatoms. The van der Waals surface area contributed by atoms with Crippen molar-refractivity contribution in [3.8, 4) is 0 Å². The van der Waals surface area contributed by atoms with Gasteiger partial charge in [0, 0.05) is 22.4 Å². The molecule has 0 unspecified atom stereocenters. The van der Waals surface area contributed by atoms with E-state index in [9.17, 15) is 0 Å². The van der Waals surface area contributed by atoms with Crippen molar-refractivity contribution in [2.45, 2.75) is 44.9 Å². The summed E-state index contributed by atoms with van der Waals surface area (Å²) in [5, 5.41) is 7.72. The fraction of sp³-hybridized carbons (Fsp3) is 0.800. The quantitative estimate of drug-likeness (QED) is 0.835. The topological polar surface area (TPSA) is 38.9 Å². The lowest BCUT2D eigenvalue weighted by Crippen LogP contribution is -2.07. The molecule has 0 aliphatic heterocycles. The van der Waals surface area contributed by atoms with Crippen molar-refractivity contribution < 1.29 is 4.42 Å². The monoisotopic (exact) mass is 258 g/mol. The molecule has 1 aliphatic rings. The summed E-state index contributed by atoms with van der Waals surface area (Å²) >= 11 is 3.16. The Balaban J connectivity index is 1.76. The number of nitrogens with zero attached hydrogens (tertiary/aromatic N) is 2. The van der Waals surface area contributed by atoms with E-state index in [0.29, 0.717) is 4.80 Å². The molecule has 1 fully saturated rings. The Morgan fingerprint density at radius 3 is 2.64 bits per heavy atom. The first-order valence-electron chi connectivity index (χ1n) is 5.32. The first-order valence-corrected chi connectivity index (χ1v) is 6.12. The number of hydrogen-bond acceptors (Lipinski definition) is 3. The van der Waals surface area contributed by atoms with Crippen LogP contribution in [-0.4, -0.2) is 10.2 Å². The molecule has 3 nitrogen and oxygen atoms in total. The van der Waals surface area contributed by atoms with Crippen LogP contribution in [0.1, 0.15) is 44.4 Å². The predicted octanol–water partition coefficient (Wildman–Crippen LogP) is 3.35. The zero-order valence-electron chi connectivity index (χ0n) is 8.21. The Kier molecular flexibility index (Phi) is 3.56. The largest absolute Gasteiger partial charge is 0.416 e. The zero-order chi connectivity index (χ0) is 9.80. The van der Waals surface area contributed by atoms with Crippen LogP contribution in [-0.2, 0) is 6.42 Å². The van der Waals surface area contributed by atoms with Gasteiger partial charge in [-0.2, -0.15) is 0 Å². The summed E-state index contributed by atoms with van der Waals surface area (Å²) in [6, 6.07) is 0. The van der Waals surface area contributed by atoms with Gasteiger partial charge in [-0.25, -0.2) is 0 Å². The van der Waals surface area contributed by atoms with E-state index in [4.69, 9.17) is 4.42 Å². The molecule has 0 atom stereocenters. The van der Waals surface area contributed by atoms with E-state index in [1.807, 2.05) is 0 Å². The highest BCUT2D eigenvalue weighted by Gasteiger charge is 2.14. The molecule has 1 aliphatic carbocycles. The van der Waals surface area contributed by atoms with E-state index in [1.165, 1.54) is 38.5 Å². The Bertz CT molecular complexity index is 281. The Hall–Kier alpha value is -0.380. The van der Waals surface area contributed by atoms with Crippen LogP contribution in [0.15, 0.2) is 9.22 Å². The molecule has 0 amide bonds. The number of rotatable bonds is 3. The first-order chi connectivity index (χ1) is 6.84. The molecule has 0 N–H and O–H groups in total. The van der Waals surface area contributed by atoms with Crippen molar-refractivity contribution in [3.05, 3.63) is 10.7 Å². The average molecular weight is 259 g/mol. The molecule has 0 spiro atoms. The molecule has 2 rings (SSSR count). The summed E-state index contributed by atoms with van der Waals surface area (Å²) in [4.78, 5) is 0.496. The smallest absolute Gasteiger partial charge is 0.284 e. The van der Waals surface area contributed by atoms with Gasteiger partial charge in [-0.3, -0.25) is 0 Å². The molecule has 14 heavy (non-hydrogen) atoms. The third-order valence-electron chi connectivity index (χ3n) is 2.93. The molecular weight excluding hydrogens is 244 g/mol. The van der Waals surface area contributed by atoms with Crippen molar-refractivity contribution in [3.63, 3.8) is 0 Å². The molecule has 1 aromatic heterocycles. The summed E-state index contributed by atoms with van der Waals surface area (Å²) in [5.41, 5.74) is 0. The highest BCUT2D eigenvalue weighted by Crippen LogP contribution is 2.27. The van der Waals surface area contributed by atoms with Gasteiger partial charge < -0.3 is 4.42 Å². The van der Waals surface area contributed by atoms with Crippen molar-refractivity contribution in [1.29, 1.82) is 0 Å². The molecule has 0 aromatic carbocycles. The minimum absolute atomic E-state index is 0.496. The predicted molar refractivity (Wildman–Crippen MR) is 56.9 cm³/mol. The van der Waals surface area contributed by atoms with Crippen LogP contribution in [0.5, 0.6) is 0 Å². The molecule has 1 aromatic rings. The second kappa shape index (κ2) is 4.91. The van der Waals surface area contributed by atoms with Gasteiger partial charge in [0.1, 0.15) is 0 Å². The van der Waals surface area contributed by atoms with E-state index in [0.717, 1.165) is 18.2 Å². The van der Waals surface area contributed by atoms with Crippen LogP contribution in [0, 0.1) is 5.92 Å². The molecule has 78 valence electrons. The number of aromatic nitrogens is 2. The maximum absolute atomic E-state index is 5.27. The second-order valence-electron chi connectivity index (χ2n) is 3.99. The van der Waals surface area contributed by atoms with Gasteiger partial charge in [0.25, 0.3) is 4.80 Å². The van der Waals surface area contributed by atoms with Crippen LogP contribution >= 0.6 is 15.9 Å². The van der Waals surface area contributed by atoms with Gasteiger partial charge in [-0.05, 0) is 12.3 Å². The Labute approximate surface area is 92.4 Å². The molecule has 1 heterocycles. The van der Waals surface area contributed by atoms with E-state index in [2.05, 4.69) is 26.1 Å². The summed E-state index contributed by atoms with van der Waals surface area (Å²) < 4.78 is 5.27. The Morgan fingerprint density at radius 1 is 1.21 bits per heavy atom. The zero-order valence-corrected chi connectivity index (χ0v) is 9.79. The highest BCUT2D eigenvalue weighted by atomic mass is 79.9. The summed E-state index contributed by atoms with van der Waals surface area (Å²) in [6.07, 6.45) is 9.13. The van der Waals surface area contributed by atoms with Gasteiger partial charge in [0.2, 0.25) is 5.89 Å². The Morgan fingerprint density at radius 2 is 2.00 bits per heavy atom. The van der Waals surface area contributed by atoms with Gasteiger partial charge >= 0.3 is 0 Å². The summed E-state index contributed by atoms with van der Waals surface area (Å²) in [5.74, 6) is 1.65. The fourth-order valence-electron chi connectivity index (χ4n) is 2.14. The van der Waals surface area contributed by atoms with Gasteiger partial charge in [-0.1, -0.05) is 32.1 Å². The van der Waals surface area contributed by atoms with Gasteiger partial charge in [0.15, 0.2) is 0 Å². The van der Waals surface area contributed by atoms with Crippen LogP contribution in [0.25, 0.3) is 0 Å². The van der Waals surface area contributed by atoms with E-state index in [-0.39, 0.29) is 0 Å².